The smallest absolute Gasteiger partial charge is 0.263 e. The van der Waals surface area contributed by atoms with Crippen molar-refractivity contribution in [3.8, 4) is 0 Å². The second-order valence-electron chi connectivity index (χ2n) is 7.70. The van der Waals surface area contributed by atoms with Gasteiger partial charge < -0.3 is 19.5 Å². The molecule has 0 bridgehead atoms. The molecule has 1 aliphatic heterocycles. The Bertz CT molecular complexity index is 666. The van der Waals surface area contributed by atoms with Crippen LogP contribution in [0.4, 0.5) is 0 Å². The Labute approximate surface area is 150 Å². The summed E-state index contributed by atoms with van der Waals surface area (Å²) in [5.41, 5.74) is 0.709. The SMILES string of the molecule is Cc1ccn(CCC(C)C)c(=O)c1C(=O)N1C[C@@H](N(C)C)C[C@H]1CO. The van der Waals surface area contributed by atoms with Crippen LogP contribution >= 0.6 is 0 Å². The molecule has 1 N–H and O–H groups in total. The van der Waals surface area contributed by atoms with E-state index in [9.17, 15) is 14.7 Å². The van der Waals surface area contributed by atoms with Crippen molar-refractivity contribution in [1.82, 2.24) is 14.4 Å². The molecule has 1 saturated heterocycles. The number of aryl methyl sites for hydroxylation is 2. The van der Waals surface area contributed by atoms with Gasteiger partial charge in [0.1, 0.15) is 5.56 Å². The third kappa shape index (κ3) is 4.30. The molecule has 0 saturated carbocycles. The van der Waals surface area contributed by atoms with Crippen molar-refractivity contribution in [2.45, 2.75) is 52.2 Å². The molecular weight excluding hydrogens is 318 g/mol. The summed E-state index contributed by atoms with van der Waals surface area (Å²) in [5.74, 6) is 0.232. The number of hydrogen-bond acceptors (Lipinski definition) is 4. The lowest BCUT2D eigenvalue weighted by Crippen LogP contribution is -2.42. The van der Waals surface area contributed by atoms with Gasteiger partial charge >= 0.3 is 0 Å². The molecule has 0 unspecified atom stereocenters. The lowest BCUT2D eigenvalue weighted by Gasteiger charge is -2.24. The fourth-order valence-electron chi connectivity index (χ4n) is 3.33. The van der Waals surface area contributed by atoms with Crippen molar-refractivity contribution in [2.24, 2.45) is 5.92 Å². The highest BCUT2D eigenvalue weighted by Gasteiger charge is 2.37. The van der Waals surface area contributed by atoms with E-state index in [1.54, 1.807) is 22.6 Å². The normalized spacial score (nSPS) is 20.7. The average Bonchev–Trinajstić information content (AvgIpc) is 2.98. The first-order chi connectivity index (χ1) is 11.8. The van der Waals surface area contributed by atoms with Gasteiger partial charge in [-0.3, -0.25) is 9.59 Å². The maximum Gasteiger partial charge on any atom is 0.263 e. The number of carbonyl (C=O) groups excluding carboxylic acids is 1. The summed E-state index contributed by atoms with van der Waals surface area (Å²) in [5, 5.41) is 9.67. The van der Waals surface area contributed by atoms with Crippen LogP contribution in [-0.2, 0) is 6.54 Å². The van der Waals surface area contributed by atoms with Gasteiger partial charge in [0.2, 0.25) is 0 Å². The molecule has 1 aromatic rings. The van der Waals surface area contributed by atoms with Gasteiger partial charge in [0.25, 0.3) is 11.5 Å². The van der Waals surface area contributed by atoms with E-state index < -0.39 is 0 Å². The summed E-state index contributed by atoms with van der Waals surface area (Å²) in [6, 6.07) is 1.80. The second-order valence-corrected chi connectivity index (χ2v) is 7.70. The number of aromatic nitrogens is 1. The van der Waals surface area contributed by atoms with Crippen LogP contribution in [0.2, 0.25) is 0 Å². The van der Waals surface area contributed by atoms with Crippen LogP contribution in [0.3, 0.4) is 0 Å². The third-order valence-corrected chi connectivity index (χ3v) is 5.13. The van der Waals surface area contributed by atoms with Crippen LogP contribution in [0.5, 0.6) is 0 Å². The molecular formula is C19H31N3O3. The number of likely N-dealkylation sites (N-methyl/N-ethyl adjacent to an activating group) is 1. The van der Waals surface area contributed by atoms with Crippen molar-refractivity contribution in [1.29, 1.82) is 0 Å². The Morgan fingerprint density at radius 2 is 2.08 bits per heavy atom. The Morgan fingerprint density at radius 3 is 2.64 bits per heavy atom. The molecule has 1 aromatic heterocycles. The highest BCUT2D eigenvalue weighted by atomic mass is 16.3. The van der Waals surface area contributed by atoms with E-state index in [0.29, 0.717) is 24.6 Å². The number of hydrogen-bond donors (Lipinski definition) is 1. The number of nitrogens with zero attached hydrogens (tertiary/aromatic N) is 3. The molecule has 0 aromatic carbocycles. The first kappa shape index (κ1) is 19.7. The van der Waals surface area contributed by atoms with E-state index >= 15 is 0 Å². The van der Waals surface area contributed by atoms with Crippen LogP contribution < -0.4 is 5.56 Å². The molecule has 1 amide bonds. The minimum Gasteiger partial charge on any atom is -0.394 e. The quantitative estimate of drug-likeness (QED) is 0.842. The van der Waals surface area contributed by atoms with E-state index in [-0.39, 0.29) is 35.7 Å². The number of aliphatic hydroxyl groups is 1. The largest absolute Gasteiger partial charge is 0.394 e. The molecule has 0 aliphatic carbocycles. The molecule has 0 spiro atoms. The number of carbonyl (C=O) groups is 1. The number of likely N-dealkylation sites (tertiary alicyclic amines) is 1. The van der Waals surface area contributed by atoms with E-state index in [0.717, 1.165) is 12.8 Å². The number of rotatable bonds is 6. The Morgan fingerprint density at radius 1 is 1.40 bits per heavy atom. The Balaban J connectivity index is 2.32. The summed E-state index contributed by atoms with van der Waals surface area (Å²) < 4.78 is 1.63. The van der Waals surface area contributed by atoms with E-state index in [1.807, 2.05) is 20.2 Å². The van der Waals surface area contributed by atoms with Gasteiger partial charge in [-0.05, 0) is 51.4 Å². The first-order valence-corrected chi connectivity index (χ1v) is 9.04. The molecule has 1 fully saturated rings. The number of pyridine rings is 1. The minimum atomic E-state index is -0.259. The molecule has 2 atom stereocenters. The van der Waals surface area contributed by atoms with Crippen molar-refractivity contribution < 1.29 is 9.90 Å². The van der Waals surface area contributed by atoms with E-state index in [2.05, 4.69) is 18.7 Å². The second kappa shape index (κ2) is 8.15. The fraction of sp³-hybridized carbons (Fsp3) is 0.684. The average molecular weight is 349 g/mol. The summed E-state index contributed by atoms with van der Waals surface area (Å²) >= 11 is 0. The molecule has 2 rings (SSSR count). The maximum absolute atomic E-state index is 13.1. The Hall–Kier alpha value is -1.66. The van der Waals surface area contributed by atoms with Gasteiger partial charge in [0, 0.05) is 25.3 Å². The predicted molar refractivity (Wildman–Crippen MR) is 98.9 cm³/mol. The molecule has 25 heavy (non-hydrogen) atoms. The van der Waals surface area contributed by atoms with Crippen molar-refractivity contribution in [2.75, 3.05) is 27.2 Å². The van der Waals surface area contributed by atoms with Crippen LogP contribution in [-0.4, -0.2) is 64.7 Å². The summed E-state index contributed by atoms with van der Waals surface area (Å²) in [4.78, 5) is 29.7. The third-order valence-electron chi connectivity index (χ3n) is 5.13. The highest BCUT2D eigenvalue weighted by molar-refractivity contribution is 5.95. The van der Waals surface area contributed by atoms with Gasteiger partial charge in [-0.1, -0.05) is 13.8 Å². The molecule has 2 heterocycles. The van der Waals surface area contributed by atoms with Crippen molar-refractivity contribution >= 4 is 5.91 Å². The van der Waals surface area contributed by atoms with Gasteiger partial charge in [-0.2, -0.15) is 0 Å². The number of aliphatic hydroxyl groups excluding tert-OH is 1. The van der Waals surface area contributed by atoms with Gasteiger partial charge in [-0.15, -0.1) is 0 Å². The monoisotopic (exact) mass is 349 g/mol. The number of amides is 1. The van der Waals surface area contributed by atoms with Crippen LogP contribution in [0, 0.1) is 12.8 Å². The summed E-state index contributed by atoms with van der Waals surface area (Å²) in [7, 11) is 3.94. The van der Waals surface area contributed by atoms with E-state index in [4.69, 9.17) is 0 Å². The van der Waals surface area contributed by atoms with Crippen molar-refractivity contribution in [3.05, 3.63) is 33.7 Å². The van der Waals surface area contributed by atoms with Gasteiger partial charge in [-0.25, -0.2) is 0 Å². The maximum atomic E-state index is 13.1. The topological polar surface area (TPSA) is 65.8 Å². The summed E-state index contributed by atoms with van der Waals surface area (Å²) in [6.07, 6.45) is 3.39. The molecule has 1 aliphatic rings. The zero-order valence-electron chi connectivity index (χ0n) is 16.0. The van der Waals surface area contributed by atoms with E-state index in [1.165, 1.54) is 0 Å². The molecule has 0 radical (unpaired) electrons. The van der Waals surface area contributed by atoms with Crippen LogP contribution in [0.15, 0.2) is 17.1 Å². The molecule has 140 valence electrons. The lowest BCUT2D eigenvalue weighted by molar-refractivity contribution is 0.0670. The minimum absolute atomic E-state index is 0.0799. The van der Waals surface area contributed by atoms with Crippen molar-refractivity contribution in [3.63, 3.8) is 0 Å². The standard InChI is InChI=1S/C19H31N3O3/c1-13(2)6-8-21-9-7-14(3)17(18(21)24)19(25)22-11-15(20(4)5)10-16(22)12-23/h7,9,13,15-16,23H,6,8,10-12H2,1-5H3/t15-,16-/m0/s1. The Kier molecular flexibility index (Phi) is 6.41. The van der Waals surface area contributed by atoms with Gasteiger partial charge in [0.05, 0.1) is 12.6 Å². The first-order valence-electron chi connectivity index (χ1n) is 9.04. The van der Waals surface area contributed by atoms with Gasteiger partial charge in [0.15, 0.2) is 0 Å². The molecule has 6 heteroatoms. The lowest BCUT2D eigenvalue weighted by atomic mass is 10.1. The zero-order chi connectivity index (χ0) is 18.7. The van der Waals surface area contributed by atoms with Crippen LogP contribution in [0.25, 0.3) is 0 Å². The molecule has 6 nitrogen and oxygen atoms in total. The predicted octanol–water partition coefficient (Wildman–Crippen LogP) is 1.34. The highest BCUT2D eigenvalue weighted by Crippen LogP contribution is 2.23. The fourth-order valence-corrected chi connectivity index (χ4v) is 3.33. The summed E-state index contributed by atoms with van der Waals surface area (Å²) in [6.45, 7) is 7.10. The zero-order valence-corrected chi connectivity index (χ0v) is 16.0. The van der Waals surface area contributed by atoms with Crippen LogP contribution in [0.1, 0.15) is 42.6 Å².